The van der Waals surface area contributed by atoms with Gasteiger partial charge in [0.2, 0.25) is 0 Å². The molecule has 7 nitrogen and oxygen atoms in total. The molecule has 1 atom stereocenters. The molecule has 1 aliphatic rings. The number of esters is 1. The van der Waals surface area contributed by atoms with Crippen molar-refractivity contribution in [3.63, 3.8) is 0 Å². The number of amides is 1. The van der Waals surface area contributed by atoms with Crippen LogP contribution in [0.25, 0.3) is 0 Å². The molecule has 1 aliphatic heterocycles. The van der Waals surface area contributed by atoms with Gasteiger partial charge >= 0.3 is 12.1 Å². The summed E-state index contributed by atoms with van der Waals surface area (Å²) in [6, 6.07) is 0. The average molecular weight is 327 g/mol. The van der Waals surface area contributed by atoms with Crippen LogP contribution in [0, 0.1) is 5.41 Å². The minimum atomic E-state index is -1.49. The summed E-state index contributed by atoms with van der Waals surface area (Å²) in [4.78, 5) is 49.5. The topological polar surface area (TPSA) is 90.0 Å². The maximum absolute atomic E-state index is 12.4. The van der Waals surface area contributed by atoms with Gasteiger partial charge in [0.25, 0.3) is 0 Å². The number of carbonyl (C=O) groups is 4. The quantitative estimate of drug-likeness (QED) is 0.577. The molecule has 0 saturated carbocycles. The molecule has 0 aromatic rings. The lowest BCUT2D eigenvalue weighted by Crippen LogP contribution is -2.56. The second-order valence-corrected chi connectivity index (χ2v) is 6.85. The van der Waals surface area contributed by atoms with Crippen molar-refractivity contribution in [3.05, 3.63) is 0 Å². The predicted octanol–water partition coefficient (Wildman–Crippen LogP) is 1.72. The van der Waals surface area contributed by atoms with Crippen molar-refractivity contribution in [3.8, 4) is 0 Å². The van der Waals surface area contributed by atoms with Crippen molar-refractivity contribution in [1.82, 2.24) is 4.90 Å². The zero-order chi connectivity index (χ0) is 17.8. The first-order valence-corrected chi connectivity index (χ1v) is 7.61. The van der Waals surface area contributed by atoms with Gasteiger partial charge in [-0.15, -0.1) is 0 Å². The summed E-state index contributed by atoms with van der Waals surface area (Å²) in [6.45, 7) is 6.67. The molecule has 0 aliphatic carbocycles. The third-order valence-corrected chi connectivity index (χ3v) is 3.73. The van der Waals surface area contributed by atoms with Crippen LogP contribution in [0.1, 0.15) is 47.0 Å². The van der Waals surface area contributed by atoms with Crippen LogP contribution in [-0.2, 0) is 23.9 Å². The molecule has 0 radical (unpaired) electrons. The van der Waals surface area contributed by atoms with Crippen molar-refractivity contribution in [1.29, 1.82) is 0 Å². The Morgan fingerprint density at radius 2 is 1.87 bits per heavy atom. The maximum Gasteiger partial charge on any atom is 0.410 e. The number of carbonyl (C=O) groups excluding carboxylic acids is 4. The highest BCUT2D eigenvalue weighted by atomic mass is 16.6. The Hall–Kier alpha value is -1.92. The minimum Gasteiger partial charge on any atom is -0.468 e. The molecular formula is C16H25NO6. The zero-order valence-corrected chi connectivity index (χ0v) is 14.4. The van der Waals surface area contributed by atoms with Crippen LogP contribution in [0.2, 0.25) is 0 Å². The fourth-order valence-electron chi connectivity index (χ4n) is 2.53. The molecule has 1 rings (SSSR count). The first-order valence-electron chi connectivity index (χ1n) is 7.61. The van der Waals surface area contributed by atoms with Gasteiger partial charge in [-0.25, -0.2) is 4.79 Å². The van der Waals surface area contributed by atoms with E-state index in [4.69, 9.17) is 9.47 Å². The second-order valence-electron chi connectivity index (χ2n) is 6.85. The molecule has 1 fully saturated rings. The molecular weight excluding hydrogens is 302 g/mol. The first-order chi connectivity index (χ1) is 10.5. The number of methoxy groups -OCH3 is 1. The predicted molar refractivity (Wildman–Crippen MR) is 81.8 cm³/mol. The summed E-state index contributed by atoms with van der Waals surface area (Å²) in [7, 11) is 1.19. The van der Waals surface area contributed by atoms with E-state index in [9.17, 15) is 19.2 Å². The summed E-state index contributed by atoms with van der Waals surface area (Å²) in [5.41, 5.74) is -2.17. The van der Waals surface area contributed by atoms with E-state index >= 15 is 0 Å². The fourth-order valence-corrected chi connectivity index (χ4v) is 2.53. The molecule has 130 valence electrons. The van der Waals surface area contributed by atoms with Crippen LogP contribution in [0.4, 0.5) is 4.79 Å². The lowest BCUT2D eigenvalue weighted by molar-refractivity contribution is -0.162. The Kier molecular flexibility index (Phi) is 5.91. The number of piperidine rings is 1. The van der Waals surface area contributed by atoms with Gasteiger partial charge in [0.15, 0.2) is 5.78 Å². The zero-order valence-electron chi connectivity index (χ0n) is 14.4. The van der Waals surface area contributed by atoms with Gasteiger partial charge in [0, 0.05) is 25.9 Å². The lowest BCUT2D eigenvalue weighted by Gasteiger charge is -2.39. The van der Waals surface area contributed by atoms with E-state index < -0.39 is 23.1 Å². The molecule has 23 heavy (non-hydrogen) atoms. The molecule has 1 saturated heterocycles. The van der Waals surface area contributed by atoms with Crippen LogP contribution in [-0.4, -0.2) is 54.3 Å². The van der Waals surface area contributed by atoms with E-state index in [0.717, 1.165) is 0 Å². The summed E-state index contributed by atoms with van der Waals surface area (Å²) in [6.07, 6.45) is -0.441. The molecule has 0 aromatic carbocycles. The smallest absolute Gasteiger partial charge is 0.410 e. The second kappa shape index (κ2) is 7.10. The normalized spacial score (nSPS) is 21.8. The third kappa shape index (κ3) is 4.77. The maximum atomic E-state index is 12.4. The molecule has 1 heterocycles. The van der Waals surface area contributed by atoms with E-state index in [-0.39, 0.29) is 43.9 Å². The molecule has 0 bridgehead atoms. The Bertz CT molecular complexity index is 497. The molecule has 1 unspecified atom stereocenters. The van der Waals surface area contributed by atoms with Crippen molar-refractivity contribution in [2.24, 2.45) is 5.41 Å². The van der Waals surface area contributed by atoms with E-state index in [1.165, 1.54) is 18.9 Å². The first kappa shape index (κ1) is 19.1. The number of hydrogen-bond acceptors (Lipinski definition) is 6. The SMILES string of the molecule is COC(=O)C1(CCC(C)=O)CN(C(=O)OC(C)(C)C)CCC1=O. The van der Waals surface area contributed by atoms with E-state index in [1.54, 1.807) is 20.8 Å². The van der Waals surface area contributed by atoms with Crippen molar-refractivity contribution >= 4 is 23.6 Å². The molecule has 0 aromatic heterocycles. The highest BCUT2D eigenvalue weighted by Gasteiger charge is 2.51. The third-order valence-electron chi connectivity index (χ3n) is 3.73. The van der Waals surface area contributed by atoms with Gasteiger partial charge in [0.05, 0.1) is 7.11 Å². The van der Waals surface area contributed by atoms with Gasteiger partial charge in [0.1, 0.15) is 16.8 Å². The highest BCUT2D eigenvalue weighted by Crippen LogP contribution is 2.34. The number of hydrogen-bond donors (Lipinski definition) is 0. The van der Waals surface area contributed by atoms with Gasteiger partial charge in [-0.1, -0.05) is 0 Å². The summed E-state index contributed by atoms with van der Waals surface area (Å²) >= 11 is 0. The molecule has 0 spiro atoms. The summed E-state index contributed by atoms with van der Waals surface area (Å²) < 4.78 is 10.1. The number of ketones is 2. The fraction of sp³-hybridized carbons (Fsp3) is 0.750. The lowest BCUT2D eigenvalue weighted by atomic mass is 9.74. The standard InChI is InChI=1S/C16H25NO6/c1-11(18)6-8-16(13(20)22-5)10-17(9-7-12(16)19)14(21)23-15(2,3)4/h6-10H2,1-5H3. The van der Waals surface area contributed by atoms with Crippen LogP contribution in [0.15, 0.2) is 0 Å². The van der Waals surface area contributed by atoms with Gasteiger partial charge in [-0.3, -0.25) is 9.59 Å². The van der Waals surface area contributed by atoms with Gasteiger partial charge in [-0.2, -0.15) is 0 Å². The van der Waals surface area contributed by atoms with E-state index in [2.05, 4.69) is 0 Å². The number of rotatable bonds is 4. The van der Waals surface area contributed by atoms with Crippen LogP contribution < -0.4 is 0 Å². The Morgan fingerprint density at radius 3 is 2.35 bits per heavy atom. The summed E-state index contributed by atoms with van der Waals surface area (Å²) in [5, 5.41) is 0. The highest BCUT2D eigenvalue weighted by molar-refractivity contribution is 6.05. The average Bonchev–Trinajstić information content (AvgIpc) is 2.43. The van der Waals surface area contributed by atoms with Crippen LogP contribution in [0.5, 0.6) is 0 Å². The monoisotopic (exact) mass is 327 g/mol. The van der Waals surface area contributed by atoms with Crippen LogP contribution >= 0.6 is 0 Å². The van der Waals surface area contributed by atoms with Crippen molar-refractivity contribution in [2.75, 3.05) is 20.2 Å². The van der Waals surface area contributed by atoms with E-state index in [0.29, 0.717) is 0 Å². The molecule has 7 heteroatoms. The van der Waals surface area contributed by atoms with Gasteiger partial charge < -0.3 is 19.2 Å². The van der Waals surface area contributed by atoms with Crippen molar-refractivity contribution < 1.29 is 28.7 Å². The number of likely N-dealkylation sites (tertiary alicyclic amines) is 1. The number of Topliss-reactive ketones (excluding diaryl/α,β-unsaturated/α-hetero) is 2. The number of ether oxygens (including phenoxy) is 2. The Morgan fingerprint density at radius 1 is 1.26 bits per heavy atom. The molecule has 1 amide bonds. The number of nitrogens with zero attached hydrogens (tertiary/aromatic N) is 1. The largest absolute Gasteiger partial charge is 0.468 e. The summed E-state index contributed by atoms with van der Waals surface area (Å²) in [5.74, 6) is -1.14. The van der Waals surface area contributed by atoms with E-state index in [1.807, 2.05) is 0 Å². The minimum absolute atomic E-state index is 0.0340. The Balaban J connectivity index is 3.02. The van der Waals surface area contributed by atoms with Crippen LogP contribution in [0.3, 0.4) is 0 Å². The van der Waals surface area contributed by atoms with Gasteiger partial charge in [-0.05, 0) is 34.1 Å². The van der Waals surface area contributed by atoms with Crippen molar-refractivity contribution in [2.45, 2.75) is 52.6 Å². The molecule has 0 N–H and O–H groups in total. The Labute approximate surface area is 136 Å².